The van der Waals surface area contributed by atoms with E-state index in [0.29, 0.717) is 0 Å². The number of para-hydroxylation sites is 3. The molecule has 0 aliphatic heterocycles. The van der Waals surface area contributed by atoms with E-state index in [1.54, 1.807) is 0 Å². The second kappa shape index (κ2) is 13.4. The molecule has 0 bridgehead atoms. The Morgan fingerprint density at radius 1 is 0.339 bits per heavy atom. The van der Waals surface area contributed by atoms with Crippen LogP contribution in [0.4, 0.5) is 17.1 Å². The summed E-state index contributed by atoms with van der Waals surface area (Å²) >= 11 is 0. The second-order valence-electron chi connectivity index (χ2n) is 15.2. The van der Waals surface area contributed by atoms with Gasteiger partial charge in [-0.3, -0.25) is 0 Å². The van der Waals surface area contributed by atoms with E-state index in [1.165, 1.54) is 43.4 Å². The van der Waals surface area contributed by atoms with Crippen molar-refractivity contribution in [2.24, 2.45) is 0 Å². The minimum atomic E-state index is 0.860. The Hall–Kier alpha value is -7.88. The van der Waals surface area contributed by atoms with E-state index >= 15 is 0 Å². The monoisotopic (exact) mass is 752 g/mol. The summed E-state index contributed by atoms with van der Waals surface area (Å²) in [6, 6.07) is 78.6. The highest BCUT2D eigenvalue weighted by Crippen LogP contribution is 2.51. The third-order valence-corrected chi connectivity index (χ3v) is 12.0. The molecule has 59 heavy (non-hydrogen) atoms. The van der Waals surface area contributed by atoms with E-state index < -0.39 is 0 Å². The number of hydrogen-bond acceptors (Lipinski definition) is 2. The van der Waals surface area contributed by atoms with Gasteiger partial charge in [-0.15, -0.1) is 0 Å². The molecule has 0 fully saturated rings. The van der Waals surface area contributed by atoms with Gasteiger partial charge in [-0.2, -0.15) is 0 Å². The van der Waals surface area contributed by atoms with Crippen LogP contribution < -0.4 is 4.90 Å². The number of benzene rings is 10. The van der Waals surface area contributed by atoms with Crippen LogP contribution in [0.1, 0.15) is 0 Å². The molecule has 0 saturated carbocycles. The van der Waals surface area contributed by atoms with Crippen LogP contribution in [0, 0.1) is 0 Å². The highest BCUT2D eigenvalue weighted by atomic mass is 16.3. The Morgan fingerprint density at radius 3 is 1.75 bits per heavy atom. The topological polar surface area (TPSA) is 21.3 Å². The third kappa shape index (κ3) is 5.22. The molecule has 10 aromatic carbocycles. The lowest BCUT2D eigenvalue weighted by molar-refractivity contribution is 0.670. The minimum Gasteiger partial charge on any atom is -0.455 e. The van der Waals surface area contributed by atoms with E-state index in [2.05, 4.69) is 228 Å². The van der Waals surface area contributed by atoms with Gasteiger partial charge in [0.2, 0.25) is 0 Å². The van der Waals surface area contributed by atoms with Gasteiger partial charge in [0.25, 0.3) is 0 Å². The third-order valence-electron chi connectivity index (χ3n) is 12.0. The Kier molecular flexibility index (Phi) is 7.54. The SMILES string of the molecule is c1ccc(-c2ccc(-c3ccc(N(c4cccc5ccc6ccccc6c45)c4cccc5c4c4ccccc4n5-c4ccccc4)c4c3oc3ccccc34)cc2)cc1. The zero-order chi connectivity index (χ0) is 38.9. The summed E-state index contributed by atoms with van der Waals surface area (Å²) in [7, 11) is 0. The van der Waals surface area contributed by atoms with Gasteiger partial charge in [-0.25, -0.2) is 0 Å². The van der Waals surface area contributed by atoms with Gasteiger partial charge < -0.3 is 13.9 Å². The van der Waals surface area contributed by atoms with Crippen molar-refractivity contribution in [2.75, 3.05) is 4.90 Å². The van der Waals surface area contributed by atoms with Crippen molar-refractivity contribution in [1.29, 1.82) is 0 Å². The molecule has 0 N–H and O–H groups in total. The first-order valence-corrected chi connectivity index (χ1v) is 20.2. The fourth-order valence-electron chi connectivity index (χ4n) is 9.35. The van der Waals surface area contributed by atoms with Crippen LogP contribution in [-0.4, -0.2) is 4.57 Å². The average molecular weight is 753 g/mol. The van der Waals surface area contributed by atoms with E-state index in [-0.39, 0.29) is 0 Å². The molecular formula is C56H36N2O. The van der Waals surface area contributed by atoms with Crippen molar-refractivity contribution in [3.63, 3.8) is 0 Å². The Balaban J connectivity index is 1.20. The molecule has 276 valence electrons. The normalized spacial score (nSPS) is 11.7. The van der Waals surface area contributed by atoms with E-state index in [4.69, 9.17) is 4.42 Å². The molecule has 0 saturated heterocycles. The van der Waals surface area contributed by atoms with Crippen molar-refractivity contribution < 1.29 is 4.42 Å². The summed E-state index contributed by atoms with van der Waals surface area (Å²) in [4.78, 5) is 2.51. The summed E-state index contributed by atoms with van der Waals surface area (Å²) < 4.78 is 9.36. The average Bonchev–Trinajstić information content (AvgIpc) is 3.87. The highest BCUT2D eigenvalue weighted by molar-refractivity contribution is 6.24. The minimum absolute atomic E-state index is 0.860. The van der Waals surface area contributed by atoms with Gasteiger partial charge in [0, 0.05) is 32.8 Å². The summed E-state index contributed by atoms with van der Waals surface area (Å²) in [6.07, 6.45) is 0. The van der Waals surface area contributed by atoms with Crippen LogP contribution in [0.3, 0.4) is 0 Å². The smallest absolute Gasteiger partial charge is 0.145 e. The lowest BCUT2D eigenvalue weighted by Crippen LogP contribution is -2.12. The van der Waals surface area contributed by atoms with Gasteiger partial charge in [-0.05, 0) is 87.4 Å². The summed E-state index contributed by atoms with van der Waals surface area (Å²) in [5.41, 5.74) is 13.0. The van der Waals surface area contributed by atoms with Crippen LogP contribution >= 0.6 is 0 Å². The lowest BCUT2D eigenvalue weighted by Gasteiger charge is -2.29. The molecule has 0 aliphatic carbocycles. The number of nitrogens with zero attached hydrogens (tertiary/aromatic N) is 2. The number of hydrogen-bond donors (Lipinski definition) is 0. The maximum absolute atomic E-state index is 6.96. The van der Waals surface area contributed by atoms with Gasteiger partial charge in [-0.1, -0.05) is 164 Å². The molecule has 2 heterocycles. The summed E-state index contributed by atoms with van der Waals surface area (Å²) in [5.74, 6) is 0. The standard InChI is InChI=1S/C56H36N2O/c1-3-15-37(16-4-1)38-29-31-40(32-30-38)44-35-36-51(55-46-23-10-12-28-52(46)59-56(44)55)58(48-25-13-18-41-34-33-39-17-7-8-21-43(39)53(41)48)50-27-14-26-49-54(50)45-22-9-11-24-47(45)57(49)42-19-5-2-6-20-42/h1-36H. The predicted octanol–water partition coefficient (Wildman–Crippen LogP) is 15.8. The number of furan rings is 1. The predicted molar refractivity (Wildman–Crippen MR) is 249 cm³/mol. The van der Waals surface area contributed by atoms with Crippen LogP contribution in [0.5, 0.6) is 0 Å². The van der Waals surface area contributed by atoms with Crippen LogP contribution in [0.2, 0.25) is 0 Å². The van der Waals surface area contributed by atoms with Crippen LogP contribution in [-0.2, 0) is 0 Å². The molecule has 0 spiro atoms. The Morgan fingerprint density at radius 2 is 0.915 bits per heavy atom. The maximum atomic E-state index is 6.96. The van der Waals surface area contributed by atoms with E-state index in [1.807, 2.05) is 0 Å². The lowest BCUT2D eigenvalue weighted by atomic mass is 9.96. The first-order chi connectivity index (χ1) is 29.3. The second-order valence-corrected chi connectivity index (χ2v) is 15.2. The molecule has 0 radical (unpaired) electrons. The molecule has 0 atom stereocenters. The van der Waals surface area contributed by atoms with Crippen molar-refractivity contribution >= 4 is 82.4 Å². The van der Waals surface area contributed by atoms with Gasteiger partial charge in [0.05, 0.1) is 33.5 Å². The van der Waals surface area contributed by atoms with Crippen LogP contribution in [0.15, 0.2) is 223 Å². The maximum Gasteiger partial charge on any atom is 0.145 e. The largest absolute Gasteiger partial charge is 0.455 e. The van der Waals surface area contributed by atoms with Gasteiger partial charge in [0.15, 0.2) is 0 Å². The summed E-state index contributed by atoms with van der Waals surface area (Å²) in [5, 5.41) is 9.35. The first kappa shape index (κ1) is 33.3. The zero-order valence-electron chi connectivity index (χ0n) is 32.1. The first-order valence-electron chi connectivity index (χ1n) is 20.2. The van der Waals surface area contributed by atoms with Crippen molar-refractivity contribution in [3.8, 4) is 27.9 Å². The fraction of sp³-hybridized carbons (Fsp3) is 0. The molecule has 0 amide bonds. The molecule has 12 rings (SSSR count). The summed E-state index contributed by atoms with van der Waals surface area (Å²) in [6.45, 7) is 0. The molecule has 2 aromatic heterocycles. The molecule has 0 unspecified atom stereocenters. The van der Waals surface area contributed by atoms with Crippen molar-refractivity contribution in [3.05, 3.63) is 218 Å². The van der Waals surface area contributed by atoms with Crippen LogP contribution in [0.25, 0.3) is 93.2 Å². The molecular weight excluding hydrogens is 717 g/mol. The van der Waals surface area contributed by atoms with E-state index in [9.17, 15) is 0 Å². The molecule has 12 aromatic rings. The van der Waals surface area contributed by atoms with E-state index in [0.717, 1.165) is 66.8 Å². The zero-order valence-corrected chi connectivity index (χ0v) is 32.1. The fourth-order valence-corrected chi connectivity index (χ4v) is 9.35. The molecule has 0 aliphatic rings. The number of fused-ring (bicyclic) bond motifs is 9. The number of aromatic nitrogens is 1. The Bertz CT molecular complexity index is 3540. The van der Waals surface area contributed by atoms with Crippen molar-refractivity contribution in [2.45, 2.75) is 0 Å². The quantitative estimate of drug-likeness (QED) is 0.158. The Labute approximate surface area is 341 Å². The van der Waals surface area contributed by atoms with Crippen molar-refractivity contribution in [1.82, 2.24) is 4.57 Å². The molecule has 3 nitrogen and oxygen atoms in total. The van der Waals surface area contributed by atoms with Gasteiger partial charge >= 0.3 is 0 Å². The molecule has 3 heteroatoms. The van der Waals surface area contributed by atoms with Gasteiger partial charge in [0.1, 0.15) is 11.2 Å². The number of anilines is 3. The highest BCUT2D eigenvalue weighted by Gasteiger charge is 2.27. The number of rotatable bonds is 6.